The molecule has 2 aromatic carbocycles. The van der Waals surface area contributed by atoms with Crippen LogP contribution in [0.1, 0.15) is 16.7 Å². The van der Waals surface area contributed by atoms with Crippen molar-refractivity contribution in [3.63, 3.8) is 0 Å². The standard InChI is InChI=1S/C18H18ClFN2O2/c1-11-8-13(3-4-15(11)19)24-10-17(23)22-16-5-2-12-9-21-7-6-14(12)18(16)20/h2-5,8,21H,6-7,9-10H2,1H3,(H,22,23). The molecule has 0 unspecified atom stereocenters. The zero-order chi connectivity index (χ0) is 17.1. The van der Waals surface area contributed by atoms with E-state index in [4.69, 9.17) is 16.3 Å². The molecule has 0 aromatic heterocycles. The number of hydrogen-bond donors (Lipinski definition) is 2. The molecule has 0 bridgehead atoms. The molecule has 0 atom stereocenters. The lowest BCUT2D eigenvalue weighted by Crippen LogP contribution is -2.26. The summed E-state index contributed by atoms with van der Waals surface area (Å²) in [6, 6.07) is 8.58. The topological polar surface area (TPSA) is 50.4 Å². The molecule has 0 spiro atoms. The zero-order valence-electron chi connectivity index (χ0n) is 13.3. The van der Waals surface area contributed by atoms with Crippen molar-refractivity contribution >= 4 is 23.2 Å². The normalized spacial score (nSPS) is 13.3. The number of carbonyl (C=O) groups is 1. The molecule has 3 rings (SSSR count). The van der Waals surface area contributed by atoms with Crippen LogP contribution in [-0.2, 0) is 17.8 Å². The van der Waals surface area contributed by atoms with E-state index in [1.807, 2.05) is 13.0 Å². The van der Waals surface area contributed by atoms with Crippen molar-refractivity contribution in [3.05, 3.63) is 57.9 Å². The Morgan fingerprint density at radius 1 is 1.38 bits per heavy atom. The Labute approximate surface area is 145 Å². The first-order valence-electron chi connectivity index (χ1n) is 7.74. The van der Waals surface area contributed by atoms with Crippen LogP contribution in [-0.4, -0.2) is 19.1 Å². The van der Waals surface area contributed by atoms with Gasteiger partial charge >= 0.3 is 0 Å². The quantitative estimate of drug-likeness (QED) is 0.889. The fraction of sp³-hybridized carbons (Fsp3) is 0.278. The SMILES string of the molecule is Cc1cc(OCC(=O)Nc2ccc3c(c2F)CCNC3)ccc1Cl. The van der Waals surface area contributed by atoms with Gasteiger partial charge in [-0.25, -0.2) is 4.39 Å². The summed E-state index contributed by atoms with van der Waals surface area (Å²) in [6.07, 6.45) is 0.616. The minimum absolute atomic E-state index is 0.191. The van der Waals surface area contributed by atoms with E-state index < -0.39 is 5.91 Å². The summed E-state index contributed by atoms with van der Waals surface area (Å²) in [4.78, 5) is 12.0. The molecule has 1 amide bonds. The highest BCUT2D eigenvalue weighted by Gasteiger charge is 2.17. The molecule has 1 aliphatic rings. The van der Waals surface area contributed by atoms with Crippen molar-refractivity contribution in [3.8, 4) is 5.75 Å². The summed E-state index contributed by atoms with van der Waals surface area (Å²) in [5.41, 5.74) is 2.66. The van der Waals surface area contributed by atoms with Gasteiger partial charge in [0, 0.05) is 11.6 Å². The first-order valence-corrected chi connectivity index (χ1v) is 8.12. The minimum atomic E-state index is -0.407. The van der Waals surface area contributed by atoms with E-state index in [0.29, 0.717) is 29.3 Å². The molecular formula is C18H18ClFN2O2. The van der Waals surface area contributed by atoms with Crippen molar-refractivity contribution in [2.75, 3.05) is 18.5 Å². The average Bonchev–Trinajstić information content (AvgIpc) is 2.59. The van der Waals surface area contributed by atoms with Crippen LogP contribution in [0.2, 0.25) is 5.02 Å². The van der Waals surface area contributed by atoms with Crippen LogP contribution in [0.25, 0.3) is 0 Å². The number of rotatable bonds is 4. The van der Waals surface area contributed by atoms with Crippen molar-refractivity contribution in [1.82, 2.24) is 5.32 Å². The third-order valence-corrected chi connectivity index (χ3v) is 4.40. The van der Waals surface area contributed by atoms with Crippen LogP contribution >= 0.6 is 11.6 Å². The Morgan fingerprint density at radius 3 is 3.00 bits per heavy atom. The lowest BCUT2D eigenvalue weighted by molar-refractivity contribution is -0.118. The molecular weight excluding hydrogens is 331 g/mol. The van der Waals surface area contributed by atoms with E-state index in [2.05, 4.69) is 10.6 Å². The maximum atomic E-state index is 14.5. The maximum Gasteiger partial charge on any atom is 0.262 e. The number of anilines is 1. The van der Waals surface area contributed by atoms with Crippen LogP contribution in [0.4, 0.5) is 10.1 Å². The molecule has 6 heteroatoms. The van der Waals surface area contributed by atoms with E-state index in [1.165, 1.54) is 0 Å². The highest BCUT2D eigenvalue weighted by atomic mass is 35.5. The third-order valence-electron chi connectivity index (χ3n) is 3.98. The van der Waals surface area contributed by atoms with Gasteiger partial charge in [0.05, 0.1) is 5.69 Å². The number of ether oxygens (including phenoxy) is 1. The van der Waals surface area contributed by atoms with Gasteiger partial charge in [0.25, 0.3) is 5.91 Å². The Balaban J connectivity index is 1.63. The maximum absolute atomic E-state index is 14.5. The minimum Gasteiger partial charge on any atom is -0.484 e. The highest BCUT2D eigenvalue weighted by molar-refractivity contribution is 6.31. The molecule has 0 aliphatic carbocycles. The number of carbonyl (C=O) groups excluding carboxylic acids is 1. The number of nitrogens with one attached hydrogen (secondary N) is 2. The zero-order valence-corrected chi connectivity index (χ0v) is 14.0. The summed E-state index contributed by atoms with van der Waals surface area (Å²) < 4.78 is 19.9. The number of aryl methyl sites for hydroxylation is 1. The molecule has 24 heavy (non-hydrogen) atoms. The Morgan fingerprint density at radius 2 is 2.21 bits per heavy atom. The molecule has 1 heterocycles. The van der Waals surface area contributed by atoms with Crippen LogP contribution in [0.15, 0.2) is 30.3 Å². The van der Waals surface area contributed by atoms with Gasteiger partial charge in [-0.3, -0.25) is 4.79 Å². The second-order valence-electron chi connectivity index (χ2n) is 5.74. The number of fused-ring (bicyclic) bond motifs is 1. The van der Waals surface area contributed by atoms with E-state index in [1.54, 1.807) is 24.3 Å². The summed E-state index contributed by atoms with van der Waals surface area (Å²) in [5, 5.41) is 6.40. The number of amides is 1. The summed E-state index contributed by atoms with van der Waals surface area (Å²) in [6.45, 7) is 3.05. The van der Waals surface area contributed by atoms with Gasteiger partial charge in [-0.1, -0.05) is 17.7 Å². The smallest absolute Gasteiger partial charge is 0.262 e. The van der Waals surface area contributed by atoms with Crippen molar-refractivity contribution in [2.24, 2.45) is 0 Å². The van der Waals surface area contributed by atoms with Crippen LogP contribution in [0.3, 0.4) is 0 Å². The molecule has 4 nitrogen and oxygen atoms in total. The second kappa shape index (κ2) is 7.20. The molecule has 0 radical (unpaired) electrons. The monoisotopic (exact) mass is 348 g/mol. The van der Waals surface area contributed by atoms with Gasteiger partial charge in [-0.2, -0.15) is 0 Å². The number of halogens is 2. The van der Waals surface area contributed by atoms with Gasteiger partial charge in [0.15, 0.2) is 6.61 Å². The molecule has 0 saturated carbocycles. The molecule has 2 aromatic rings. The molecule has 126 valence electrons. The molecule has 2 N–H and O–H groups in total. The largest absolute Gasteiger partial charge is 0.484 e. The predicted molar refractivity (Wildman–Crippen MR) is 92.1 cm³/mol. The fourth-order valence-corrected chi connectivity index (χ4v) is 2.79. The number of benzene rings is 2. The highest BCUT2D eigenvalue weighted by Crippen LogP contribution is 2.25. The summed E-state index contributed by atoms with van der Waals surface area (Å²) in [7, 11) is 0. The molecule has 1 aliphatic heterocycles. The average molecular weight is 349 g/mol. The van der Waals surface area contributed by atoms with Crippen LogP contribution in [0.5, 0.6) is 5.75 Å². The number of hydrogen-bond acceptors (Lipinski definition) is 3. The van der Waals surface area contributed by atoms with Gasteiger partial charge < -0.3 is 15.4 Å². The van der Waals surface area contributed by atoms with Gasteiger partial charge in [0.2, 0.25) is 0 Å². The van der Waals surface area contributed by atoms with Crippen molar-refractivity contribution in [1.29, 1.82) is 0 Å². The third kappa shape index (κ3) is 3.68. The van der Waals surface area contributed by atoms with Gasteiger partial charge in [-0.15, -0.1) is 0 Å². The van der Waals surface area contributed by atoms with E-state index in [9.17, 15) is 9.18 Å². The lowest BCUT2D eigenvalue weighted by Gasteiger charge is -2.19. The summed E-state index contributed by atoms with van der Waals surface area (Å²) >= 11 is 5.95. The predicted octanol–water partition coefficient (Wildman–Crippen LogP) is 3.45. The first kappa shape index (κ1) is 16.7. The van der Waals surface area contributed by atoms with Crippen LogP contribution < -0.4 is 15.4 Å². The summed E-state index contributed by atoms with van der Waals surface area (Å²) in [5.74, 6) is -0.218. The second-order valence-corrected chi connectivity index (χ2v) is 6.15. The van der Waals surface area contributed by atoms with Crippen molar-refractivity contribution < 1.29 is 13.9 Å². The van der Waals surface area contributed by atoms with Crippen molar-refractivity contribution in [2.45, 2.75) is 19.9 Å². The van der Waals surface area contributed by atoms with Crippen LogP contribution in [0, 0.1) is 12.7 Å². The van der Waals surface area contributed by atoms with Gasteiger partial charge in [0.1, 0.15) is 11.6 Å². The van der Waals surface area contributed by atoms with E-state index in [0.717, 1.165) is 17.7 Å². The van der Waals surface area contributed by atoms with E-state index >= 15 is 0 Å². The molecule has 0 saturated heterocycles. The fourth-order valence-electron chi connectivity index (χ4n) is 2.67. The Hall–Kier alpha value is -2.11. The van der Waals surface area contributed by atoms with E-state index in [-0.39, 0.29) is 18.1 Å². The first-order chi connectivity index (χ1) is 11.5. The Kier molecular flexibility index (Phi) is 5.02. The molecule has 0 fully saturated rings. The Bertz CT molecular complexity index is 780. The van der Waals surface area contributed by atoms with Gasteiger partial charge in [-0.05, 0) is 60.8 Å². The lowest BCUT2D eigenvalue weighted by atomic mass is 9.99.